The quantitative estimate of drug-likeness (QED) is 0.266. The molecule has 2 aliphatic rings. The van der Waals surface area contributed by atoms with Crippen LogP contribution in [0.25, 0.3) is 11.2 Å². The summed E-state index contributed by atoms with van der Waals surface area (Å²) in [5.41, 5.74) is 1.06. The Morgan fingerprint density at radius 2 is 2.03 bits per heavy atom. The standard InChI is InChI=1S/C26H31ClN6O3S/c1-28-26(36)17-13-18(23(35)22(17)34)33-14-30-21-24(29-12-4-7-15-5-2-3-6-15)31-20(32-25(21)33)11-9-16-8-10-19(27)37-16/h8,10,14-15,17-18,22-23,34-35H,2-7,12-13H2,1H3,(H,28,36)(H,29,31,32)/t17-,18+,22+,23-/m0/s1. The first-order chi connectivity index (χ1) is 17.9. The second-order valence-electron chi connectivity index (χ2n) is 9.80. The van der Waals surface area contributed by atoms with E-state index in [0.717, 1.165) is 23.8 Å². The maximum absolute atomic E-state index is 12.3. The van der Waals surface area contributed by atoms with E-state index < -0.39 is 24.2 Å². The predicted octanol–water partition coefficient (Wildman–Crippen LogP) is 3.35. The number of carbonyl (C=O) groups excluding carboxylic acids is 1. The lowest BCUT2D eigenvalue weighted by molar-refractivity contribution is -0.128. The molecule has 37 heavy (non-hydrogen) atoms. The van der Waals surface area contributed by atoms with E-state index in [-0.39, 0.29) is 12.3 Å². The number of halogens is 1. The Morgan fingerprint density at radius 1 is 1.22 bits per heavy atom. The smallest absolute Gasteiger partial charge is 0.225 e. The Labute approximate surface area is 224 Å². The SMILES string of the molecule is CNC(=O)[C@H]1C[C@@H](n2cnc3c(NCCCC4CCCC4)nc(C#Cc4ccc(Cl)s4)nc32)[C@H](O)[C@@H]1O. The zero-order valence-electron chi connectivity index (χ0n) is 20.7. The molecular weight excluding hydrogens is 512 g/mol. The number of thiophene rings is 1. The van der Waals surface area contributed by atoms with Gasteiger partial charge in [0.05, 0.1) is 33.6 Å². The molecule has 2 aliphatic carbocycles. The van der Waals surface area contributed by atoms with Crippen molar-refractivity contribution in [2.75, 3.05) is 18.9 Å². The van der Waals surface area contributed by atoms with Crippen LogP contribution < -0.4 is 10.6 Å². The van der Waals surface area contributed by atoms with Crippen LogP contribution in [0, 0.1) is 23.7 Å². The molecule has 0 aliphatic heterocycles. The number of fused-ring (bicyclic) bond motifs is 1. The summed E-state index contributed by atoms with van der Waals surface area (Å²) in [5, 5.41) is 27.3. The Bertz CT molecular complexity index is 1320. The van der Waals surface area contributed by atoms with E-state index in [4.69, 9.17) is 11.6 Å². The van der Waals surface area contributed by atoms with Crippen LogP contribution in [0.1, 0.15) is 61.7 Å². The van der Waals surface area contributed by atoms with Crippen LogP contribution in [-0.4, -0.2) is 61.4 Å². The summed E-state index contributed by atoms with van der Waals surface area (Å²) in [6, 6.07) is 3.08. The summed E-state index contributed by atoms with van der Waals surface area (Å²) in [4.78, 5) is 26.9. The van der Waals surface area contributed by atoms with Gasteiger partial charge in [0.15, 0.2) is 17.0 Å². The number of hydrogen-bond acceptors (Lipinski definition) is 8. The van der Waals surface area contributed by atoms with Crippen molar-refractivity contribution in [2.45, 2.75) is 63.2 Å². The third-order valence-electron chi connectivity index (χ3n) is 7.44. The molecule has 5 rings (SSSR count). The van der Waals surface area contributed by atoms with Crippen molar-refractivity contribution in [1.29, 1.82) is 0 Å². The molecular formula is C26H31ClN6O3S. The highest BCUT2D eigenvalue weighted by Crippen LogP contribution is 2.37. The van der Waals surface area contributed by atoms with Crippen molar-refractivity contribution < 1.29 is 15.0 Å². The van der Waals surface area contributed by atoms with Gasteiger partial charge in [0.1, 0.15) is 6.10 Å². The van der Waals surface area contributed by atoms with E-state index in [2.05, 4.69) is 37.4 Å². The molecule has 9 nitrogen and oxygen atoms in total. The number of rotatable bonds is 7. The van der Waals surface area contributed by atoms with Crippen LogP contribution in [0.4, 0.5) is 5.82 Å². The molecule has 2 saturated carbocycles. The summed E-state index contributed by atoms with van der Waals surface area (Å²) in [6.07, 6.45) is 7.07. The van der Waals surface area contributed by atoms with E-state index >= 15 is 0 Å². The molecule has 196 valence electrons. The van der Waals surface area contributed by atoms with Crippen molar-refractivity contribution in [1.82, 2.24) is 24.8 Å². The van der Waals surface area contributed by atoms with Crippen LogP contribution in [0.5, 0.6) is 0 Å². The summed E-state index contributed by atoms with van der Waals surface area (Å²) >= 11 is 7.42. The second kappa shape index (κ2) is 11.4. The number of nitrogens with one attached hydrogen (secondary N) is 2. The molecule has 0 spiro atoms. The van der Waals surface area contributed by atoms with Gasteiger partial charge < -0.3 is 25.4 Å². The molecule has 0 saturated heterocycles. The predicted molar refractivity (Wildman–Crippen MR) is 144 cm³/mol. The molecule has 3 aromatic heterocycles. The van der Waals surface area contributed by atoms with E-state index in [0.29, 0.717) is 27.1 Å². The molecule has 0 aromatic carbocycles. The first kappa shape index (κ1) is 25.9. The average Bonchev–Trinajstić information content (AvgIpc) is 3.69. The van der Waals surface area contributed by atoms with Gasteiger partial charge in [-0.15, -0.1) is 11.3 Å². The lowest BCUT2D eigenvalue weighted by atomic mass is 10.0. The zero-order chi connectivity index (χ0) is 25.9. The lowest BCUT2D eigenvalue weighted by Gasteiger charge is -2.18. The Balaban J connectivity index is 1.44. The number of anilines is 1. The highest BCUT2D eigenvalue weighted by atomic mass is 35.5. The largest absolute Gasteiger partial charge is 0.390 e. The number of nitrogens with zero attached hydrogens (tertiary/aromatic N) is 4. The first-order valence-corrected chi connectivity index (χ1v) is 14.0. The lowest BCUT2D eigenvalue weighted by Crippen LogP contribution is -2.36. The molecule has 0 radical (unpaired) electrons. The van der Waals surface area contributed by atoms with E-state index in [1.54, 1.807) is 17.0 Å². The van der Waals surface area contributed by atoms with Gasteiger partial charge in [0.25, 0.3) is 0 Å². The maximum atomic E-state index is 12.3. The van der Waals surface area contributed by atoms with Crippen LogP contribution in [-0.2, 0) is 4.79 Å². The van der Waals surface area contributed by atoms with Gasteiger partial charge in [-0.3, -0.25) is 4.79 Å². The normalized spacial score (nSPS) is 23.8. The molecule has 1 amide bonds. The number of imidazole rings is 1. The molecule has 11 heteroatoms. The monoisotopic (exact) mass is 542 g/mol. The van der Waals surface area contributed by atoms with Crippen molar-refractivity contribution in [3.05, 3.63) is 33.5 Å². The van der Waals surface area contributed by atoms with Gasteiger partial charge in [-0.25, -0.2) is 15.0 Å². The highest BCUT2D eigenvalue weighted by molar-refractivity contribution is 7.16. The number of aromatic nitrogens is 4. The number of aliphatic hydroxyl groups is 2. The molecule has 4 atom stereocenters. The van der Waals surface area contributed by atoms with Crippen molar-refractivity contribution in [3.63, 3.8) is 0 Å². The summed E-state index contributed by atoms with van der Waals surface area (Å²) in [6.45, 7) is 0.756. The molecule has 4 N–H and O–H groups in total. The van der Waals surface area contributed by atoms with Crippen molar-refractivity contribution in [3.8, 4) is 11.8 Å². The number of aliphatic hydroxyl groups excluding tert-OH is 2. The fourth-order valence-corrected chi connectivity index (χ4v) is 6.36. The Kier molecular flexibility index (Phi) is 7.95. The van der Waals surface area contributed by atoms with E-state index in [1.807, 2.05) is 6.07 Å². The zero-order valence-corrected chi connectivity index (χ0v) is 22.2. The van der Waals surface area contributed by atoms with Gasteiger partial charge in [-0.1, -0.05) is 37.3 Å². The van der Waals surface area contributed by atoms with Crippen LogP contribution in [0.15, 0.2) is 18.5 Å². The number of hydrogen-bond donors (Lipinski definition) is 4. The Hall–Kier alpha value is -2.71. The summed E-state index contributed by atoms with van der Waals surface area (Å²) < 4.78 is 2.38. The summed E-state index contributed by atoms with van der Waals surface area (Å²) in [5.74, 6) is 6.77. The average molecular weight is 543 g/mol. The molecule has 3 heterocycles. The van der Waals surface area contributed by atoms with E-state index in [1.165, 1.54) is 50.5 Å². The number of amides is 1. The Morgan fingerprint density at radius 3 is 2.76 bits per heavy atom. The van der Waals surface area contributed by atoms with Gasteiger partial charge in [-0.2, -0.15) is 0 Å². The fourth-order valence-electron chi connectivity index (χ4n) is 5.46. The second-order valence-corrected chi connectivity index (χ2v) is 11.5. The van der Waals surface area contributed by atoms with Crippen molar-refractivity contribution >= 4 is 45.8 Å². The third kappa shape index (κ3) is 5.60. The van der Waals surface area contributed by atoms with Crippen LogP contribution in [0.3, 0.4) is 0 Å². The van der Waals surface area contributed by atoms with Crippen molar-refractivity contribution in [2.24, 2.45) is 11.8 Å². The third-order valence-corrected chi connectivity index (χ3v) is 8.59. The highest BCUT2D eigenvalue weighted by Gasteiger charge is 2.46. The molecule has 0 unspecified atom stereocenters. The first-order valence-electron chi connectivity index (χ1n) is 12.8. The molecule has 0 bridgehead atoms. The van der Waals surface area contributed by atoms with Gasteiger partial charge in [0.2, 0.25) is 11.7 Å². The molecule has 2 fully saturated rings. The minimum Gasteiger partial charge on any atom is -0.390 e. The topological polar surface area (TPSA) is 125 Å². The minimum absolute atomic E-state index is 0.260. The van der Waals surface area contributed by atoms with E-state index in [9.17, 15) is 15.0 Å². The number of carbonyl (C=O) groups is 1. The minimum atomic E-state index is -1.18. The maximum Gasteiger partial charge on any atom is 0.225 e. The van der Waals surface area contributed by atoms with Gasteiger partial charge >= 0.3 is 0 Å². The fraction of sp³-hybridized carbons (Fsp3) is 0.538. The summed E-state index contributed by atoms with van der Waals surface area (Å²) in [7, 11) is 1.52. The van der Waals surface area contributed by atoms with Crippen LogP contribution >= 0.6 is 22.9 Å². The van der Waals surface area contributed by atoms with Gasteiger partial charge in [-0.05, 0) is 49.2 Å². The molecule has 3 aromatic rings. The van der Waals surface area contributed by atoms with Crippen LogP contribution in [0.2, 0.25) is 4.34 Å². The van der Waals surface area contributed by atoms with Gasteiger partial charge in [0, 0.05) is 13.6 Å².